The Balaban J connectivity index is 1.58. The minimum absolute atomic E-state index is 0.159. The summed E-state index contributed by atoms with van der Waals surface area (Å²) in [4.78, 5) is 16.3. The molecule has 0 saturated heterocycles. The van der Waals surface area contributed by atoms with Gasteiger partial charge in [0.05, 0.1) is 25.4 Å². The summed E-state index contributed by atoms with van der Waals surface area (Å²) in [7, 11) is 1.62. The topological polar surface area (TPSA) is 63.2 Å². The van der Waals surface area contributed by atoms with Crippen LogP contribution in [-0.4, -0.2) is 18.0 Å². The van der Waals surface area contributed by atoms with Gasteiger partial charge in [-0.05, 0) is 42.0 Å². The van der Waals surface area contributed by atoms with Crippen molar-refractivity contribution in [2.75, 3.05) is 17.7 Å². The fourth-order valence-corrected chi connectivity index (χ4v) is 2.38. The first-order valence-corrected chi connectivity index (χ1v) is 8.04. The molecule has 0 fully saturated rings. The van der Waals surface area contributed by atoms with E-state index in [-0.39, 0.29) is 18.1 Å². The van der Waals surface area contributed by atoms with Crippen molar-refractivity contribution in [3.63, 3.8) is 0 Å². The molecular weight excluding hydrogens is 333 g/mol. The zero-order chi connectivity index (χ0) is 18.4. The van der Waals surface area contributed by atoms with Gasteiger partial charge in [0.2, 0.25) is 5.91 Å². The third kappa shape index (κ3) is 4.80. The Morgan fingerprint density at radius 1 is 1.08 bits per heavy atom. The molecular formula is C20H18FN3O2. The average molecular weight is 351 g/mol. The molecule has 0 aliphatic heterocycles. The molecule has 0 radical (unpaired) electrons. The van der Waals surface area contributed by atoms with Crippen molar-refractivity contribution in [1.82, 2.24) is 4.98 Å². The lowest BCUT2D eigenvalue weighted by Gasteiger charge is -2.09. The average Bonchev–Trinajstić information content (AvgIpc) is 2.65. The fraction of sp³-hybridized carbons (Fsp3) is 0.100. The largest absolute Gasteiger partial charge is 0.497 e. The normalized spacial score (nSPS) is 10.2. The zero-order valence-electron chi connectivity index (χ0n) is 14.2. The number of carbonyl (C=O) groups excluding carboxylic acids is 1. The summed E-state index contributed by atoms with van der Waals surface area (Å²) in [5.41, 5.74) is 2.40. The molecule has 6 heteroatoms. The minimum Gasteiger partial charge on any atom is -0.497 e. The summed E-state index contributed by atoms with van der Waals surface area (Å²) in [6.45, 7) is 0. The van der Waals surface area contributed by atoms with Crippen LogP contribution in [0, 0.1) is 5.82 Å². The first kappa shape index (κ1) is 17.4. The van der Waals surface area contributed by atoms with Gasteiger partial charge in [0.15, 0.2) is 0 Å². The van der Waals surface area contributed by atoms with Gasteiger partial charge in [0.1, 0.15) is 17.4 Å². The van der Waals surface area contributed by atoms with Crippen LogP contribution in [0.4, 0.5) is 21.6 Å². The Labute approximate surface area is 150 Å². The van der Waals surface area contributed by atoms with Gasteiger partial charge >= 0.3 is 0 Å². The van der Waals surface area contributed by atoms with E-state index < -0.39 is 0 Å². The SMILES string of the molecule is COc1cccc(Nc2ccc(NC(=O)Cc3ccc(F)cc3)nc2)c1. The van der Waals surface area contributed by atoms with Crippen molar-refractivity contribution < 1.29 is 13.9 Å². The van der Waals surface area contributed by atoms with Crippen LogP contribution in [0.1, 0.15) is 5.56 Å². The molecule has 3 aromatic rings. The molecule has 0 aliphatic rings. The highest BCUT2D eigenvalue weighted by Crippen LogP contribution is 2.21. The maximum absolute atomic E-state index is 12.9. The van der Waals surface area contributed by atoms with E-state index in [0.717, 1.165) is 22.7 Å². The van der Waals surface area contributed by atoms with Gasteiger partial charge in [0.25, 0.3) is 0 Å². The lowest BCUT2D eigenvalue weighted by Crippen LogP contribution is -2.15. The van der Waals surface area contributed by atoms with E-state index in [0.29, 0.717) is 5.82 Å². The fourth-order valence-electron chi connectivity index (χ4n) is 2.38. The maximum Gasteiger partial charge on any atom is 0.229 e. The Kier molecular flexibility index (Phi) is 5.43. The first-order chi connectivity index (χ1) is 12.6. The molecule has 2 aromatic carbocycles. The number of rotatable bonds is 6. The quantitative estimate of drug-likeness (QED) is 0.700. The number of carbonyl (C=O) groups is 1. The van der Waals surface area contributed by atoms with Crippen LogP contribution < -0.4 is 15.4 Å². The highest BCUT2D eigenvalue weighted by Gasteiger charge is 2.06. The van der Waals surface area contributed by atoms with Gasteiger partial charge in [-0.3, -0.25) is 4.79 Å². The van der Waals surface area contributed by atoms with E-state index in [2.05, 4.69) is 15.6 Å². The molecule has 5 nitrogen and oxygen atoms in total. The van der Waals surface area contributed by atoms with Crippen LogP contribution in [0.25, 0.3) is 0 Å². The minimum atomic E-state index is -0.324. The molecule has 0 spiro atoms. The highest BCUT2D eigenvalue weighted by molar-refractivity contribution is 5.91. The van der Waals surface area contributed by atoms with Gasteiger partial charge in [-0.25, -0.2) is 9.37 Å². The van der Waals surface area contributed by atoms with Crippen molar-refractivity contribution >= 4 is 23.1 Å². The molecule has 1 heterocycles. The number of amides is 1. The van der Waals surface area contributed by atoms with Crippen molar-refractivity contribution in [3.05, 3.63) is 78.2 Å². The molecule has 1 amide bonds. The number of aromatic nitrogens is 1. The number of pyridine rings is 1. The number of ether oxygens (including phenoxy) is 1. The summed E-state index contributed by atoms with van der Waals surface area (Å²) in [6.07, 6.45) is 1.79. The number of hydrogen-bond donors (Lipinski definition) is 2. The van der Waals surface area contributed by atoms with Crippen LogP contribution in [-0.2, 0) is 11.2 Å². The molecule has 26 heavy (non-hydrogen) atoms. The number of benzene rings is 2. The van der Waals surface area contributed by atoms with E-state index in [1.54, 1.807) is 31.5 Å². The number of hydrogen-bond acceptors (Lipinski definition) is 4. The number of nitrogens with zero attached hydrogens (tertiary/aromatic N) is 1. The third-order valence-electron chi connectivity index (χ3n) is 3.67. The summed E-state index contributed by atoms with van der Waals surface area (Å²) in [5, 5.41) is 5.94. The van der Waals surface area contributed by atoms with Crippen LogP contribution in [0.2, 0.25) is 0 Å². The molecule has 132 valence electrons. The summed E-state index contributed by atoms with van der Waals surface area (Å²) >= 11 is 0. The van der Waals surface area contributed by atoms with Gasteiger partial charge < -0.3 is 15.4 Å². The molecule has 3 rings (SSSR count). The Bertz CT molecular complexity index is 880. The Morgan fingerprint density at radius 2 is 1.88 bits per heavy atom. The monoisotopic (exact) mass is 351 g/mol. The smallest absolute Gasteiger partial charge is 0.229 e. The van der Waals surface area contributed by atoms with E-state index in [1.807, 2.05) is 30.3 Å². The molecule has 0 bridgehead atoms. The second-order valence-corrected chi connectivity index (χ2v) is 5.64. The van der Waals surface area contributed by atoms with E-state index >= 15 is 0 Å². The predicted molar refractivity (Wildman–Crippen MR) is 99.2 cm³/mol. The molecule has 1 aromatic heterocycles. The van der Waals surface area contributed by atoms with Gasteiger partial charge in [-0.1, -0.05) is 18.2 Å². The molecule has 0 saturated carbocycles. The van der Waals surface area contributed by atoms with Gasteiger partial charge in [0, 0.05) is 11.8 Å². The van der Waals surface area contributed by atoms with Crippen LogP contribution in [0.3, 0.4) is 0 Å². The lowest BCUT2D eigenvalue weighted by atomic mass is 10.1. The molecule has 0 aliphatic carbocycles. The van der Waals surface area contributed by atoms with Gasteiger partial charge in [-0.2, -0.15) is 0 Å². The summed E-state index contributed by atoms with van der Waals surface area (Å²) < 4.78 is 18.1. The lowest BCUT2D eigenvalue weighted by molar-refractivity contribution is -0.115. The number of anilines is 3. The first-order valence-electron chi connectivity index (χ1n) is 8.04. The number of methoxy groups -OCH3 is 1. The third-order valence-corrected chi connectivity index (χ3v) is 3.67. The van der Waals surface area contributed by atoms with Gasteiger partial charge in [-0.15, -0.1) is 0 Å². The van der Waals surface area contributed by atoms with E-state index in [4.69, 9.17) is 4.74 Å². The summed E-state index contributed by atoms with van der Waals surface area (Å²) in [6, 6.07) is 16.9. The van der Waals surface area contributed by atoms with Crippen molar-refractivity contribution in [2.45, 2.75) is 6.42 Å². The Hall–Kier alpha value is -3.41. The van der Waals surface area contributed by atoms with E-state index in [9.17, 15) is 9.18 Å². The van der Waals surface area contributed by atoms with Crippen LogP contribution in [0.15, 0.2) is 66.9 Å². The predicted octanol–water partition coefficient (Wildman–Crippen LogP) is 4.15. The van der Waals surface area contributed by atoms with Crippen molar-refractivity contribution in [2.24, 2.45) is 0 Å². The van der Waals surface area contributed by atoms with E-state index in [1.165, 1.54) is 12.1 Å². The second kappa shape index (κ2) is 8.11. The molecule has 0 unspecified atom stereocenters. The van der Waals surface area contributed by atoms with Crippen LogP contribution in [0.5, 0.6) is 5.75 Å². The van der Waals surface area contributed by atoms with Crippen molar-refractivity contribution in [3.8, 4) is 5.75 Å². The molecule has 0 atom stereocenters. The Morgan fingerprint density at radius 3 is 2.58 bits per heavy atom. The maximum atomic E-state index is 12.9. The highest BCUT2D eigenvalue weighted by atomic mass is 19.1. The van der Waals surface area contributed by atoms with Crippen LogP contribution >= 0.6 is 0 Å². The summed E-state index contributed by atoms with van der Waals surface area (Å²) in [5.74, 6) is 0.675. The second-order valence-electron chi connectivity index (χ2n) is 5.64. The molecule has 2 N–H and O–H groups in total. The number of nitrogens with one attached hydrogen (secondary N) is 2. The van der Waals surface area contributed by atoms with Crippen molar-refractivity contribution in [1.29, 1.82) is 0 Å². The number of halogens is 1. The standard InChI is InChI=1S/C20H18FN3O2/c1-26-18-4-2-3-16(12-18)23-17-9-10-19(22-13-17)24-20(25)11-14-5-7-15(21)8-6-14/h2-10,12-13,23H,11H2,1H3,(H,22,24,25). The zero-order valence-corrected chi connectivity index (χ0v) is 14.2.